The number of nitrogens with one attached hydrogen (secondary N) is 2. The Morgan fingerprint density at radius 2 is 1.63 bits per heavy atom. The number of aliphatic carboxylic acids is 1. The molecule has 1 aliphatic carbocycles. The van der Waals surface area contributed by atoms with E-state index in [2.05, 4.69) is 42.5 Å². The van der Waals surface area contributed by atoms with Gasteiger partial charge >= 0.3 is 5.97 Å². The van der Waals surface area contributed by atoms with Crippen molar-refractivity contribution in [3.8, 4) is 11.1 Å². The zero-order valence-corrected chi connectivity index (χ0v) is 35.2. The summed E-state index contributed by atoms with van der Waals surface area (Å²) in [5.41, 5.74) is 7.46. The Morgan fingerprint density at radius 1 is 0.833 bits per heavy atom. The number of hydrogen-bond acceptors (Lipinski definition) is 10. The lowest BCUT2D eigenvalue weighted by atomic mass is 9.89. The summed E-state index contributed by atoms with van der Waals surface area (Å²) in [6.07, 6.45) is 10.1. The number of aromatic nitrogens is 4. The molecule has 3 aromatic carbocycles. The van der Waals surface area contributed by atoms with Crippen molar-refractivity contribution in [2.45, 2.75) is 76.3 Å². The van der Waals surface area contributed by atoms with Gasteiger partial charge in [-0.3, -0.25) is 29.1 Å². The van der Waals surface area contributed by atoms with Gasteiger partial charge in [0, 0.05) is 65.7 Å². The van der Waals surface area contributed by atoms with E-state index in [0.717, 1.165) is 61.7 Å². The van der Waals surface area contributed by atoms with Crippen LogP contribution in [0.1, 0.15) is 82.6 Å². The van der Waals surface area contributed by atoms with E-state index < -0.39 is 5.97 Å². The largest absolute Gasteiger partial charge is 0.481 e. The predicted octanol–water partition coefficient (Wildman–Crippen LogP) is 9.00. The smallest absolute Gasteiger partial charge is 0.306 e. The molecule has 12 nitrogen and oxygen atoms in total. The predicted molar refractivity (Wildman–Crippen MR) is 238 cm³/mol. The van der Waals surface area contributed by atoms with Crippen LogP contribution in [0.15, 0.2) is 90.0 Å². The topological polar surface area (TPSA) is 146 Å². The molecule has 2 amide bonds. The number of amides is 2. The van der Waals surface area contributed by atoms with Crippen molar-refractivity contribution >= 4 is 67.9 Å². The van der Waals surface area contributed by atoms with E-state index in [-0.39, 0.29) is 17.7 Å². The number of benzene rings is 3. The van der Waals surface area contributed by atoms with E-state index >= 15 is 0 Å². The molecule has 3 aromatic heterocycles. The normalized spacial score (nSPS) is 16.1. The summed E-state index contributed by atoms with van der Waals surface area (Å²) in [4.78, 5) is 54.4. The van der Waals surface area contributed by atoms with Gasteiger partial charge in [0.15, 0.2) is 5.13 Å². The van der Waals surface area contributed by atoms with Crippen LogP contribution in [0.4, 0.5) is 16.6 Å². The van der Waals surface area contributed by atoms with Crippen molar-refractivity contribution in [1.82, 2.24) is 24.5 Å². The number of carboxylic acid groups (broad SMARTS) is 1. The molecule has 0 spiro atoms. The highest BCUT2D eigenvalue weighted by Gasteiger charge is 2.28. The Kier molecular flexibility index (Phi) is 11.6. The quantitative estimate of drug-likeness (QED) is 0.108. The van der Waals surface area contributed by atoms with Crippen LogP contribution in [-0.2, 0) is 24.3 Å². The zero-order chi connectivity index (χ0) is 41.2. The Morgan fingerprint density at radius 3 is 2.42 bits per heavy atom. The molecule has 0 radical (unpaired) electrons. The van der Waals surface area contributed by atoms with Gasteiger partial charge in [-0.25, -0.2) is 9.97 Å². The van der Waals surface area contributed by atoms with E-state index in [4.69, 9.17) is 10.1 Å². The number of pyridine rings is 1. The van der Waals surface area contributed by atoms with Crippen LogP contribution in [0.25, 0.3) is 21.3 Å². The summed E-state index contributed by atoms with van der Waals surface area (Å²) in [7, 11) is 0. The molecular weight excluding hydrogens is 793 g/mol. The van der Waals surface area contributed by atoms with Gasteiger partial charge in [0.1, 0.15) is 11.5 Å². The SMILES string of the molecule is Cc1c(-c2ccc(N3CCc4cccc(C(=O)Nc5nc6ccccc6s5)c4C3)nc2C(=O)NSc2ccc(N3CCC(C(=O)O)CC3)cc2)cnn1CC1CCCCC1. The molecule has 1 saturated carbocycles. The Hall–Kier alpha value is -5.73. The lowest BCUT2D eigenvalue weighted by Gasteiger charge is -2.32. The summed E-state index contributed by atoms with van der Waals surface area (Å²) < 4.78 is 6.17. The van der Waals surface area contributed by atoms with E-state index in [0.29, 0.717) is 67.1 Å². The van der Waals surface area contributed by atoms with Gasteiger partial charge in [0.05, 0.1) is 22.3 Å². The second kappa shape index (κ2) is 17.5. The van der Waals surface area contributed by atoms with Crippen LogP contribution in [0.3, 0.4) is 0 Å². The van der Waals surface area contributed by atoms with Crippen LogP contribution in [0.2, 0.25) is 0 Å². The monoisotopic (exact) mass is 840 g/mol. The van der Waals surface area contributed by atoms with Gasteiger partial charge in [-0.15, -0.1) is 0 Å². The van der Waals surface area contributed by atoms with Gasteiger partial charge < -0.3 is 14.9 Å². The summed E-state index contributed by atoms with van der Waals surface area (Å²) in [5.74, 6) is -0.272. The minimum atomic E-state index is -0.722. The molecular formula is C46H48N8O4S2. The number of rotatable bonds is 11. The first-order valence-corrected chi connectivity index (χ1v) is 22.5. The number of carbonyl (C=O) groups is 3. The maximum atomic E-state index is 14.3. The van der Waals surface area contributed by atoms with Gasteiger partial charge in [-0.1, -0.05) is 54.9 Å². The van der Waals surface area contributed by atoms with Gasteiger partial charge in [0.25, 0.3) is 11.8 Å². The molecule has 1 saturated heterocycles. The summed E-state index contributed by atoms with van der Waals surface area (Å²) in [5, 5.41) is 17.8. The summed E-state index contributed by atoms with van der Waals surface area (Å²) >= 11 is 2.69. The molecule has 6 aromatic rings. The number of carbonyl (C=O) groups excluding carboxylic acids is 2. The molecule has 3 N–H and O–H groups in total. The van der Waals surface area contributed by atoms with E-state index in [9.17, 15) is 19.5 Å². The summed E-state index contributed by atoms with van der Waals surface area (Å²) in [6, 6.07) is 25.7. The van der Waals surface area contributed by atoms with Crippen LogP contribution in [-0.4, -0.2) is 62.3 Å². The molecule has 0 atom stereocenters. The number of piperidine rings is 1. The molecule has 14 heteroatoms. The van der Waals surface area contributed by atoms with Crippen molar-refractivity contribution in [1.29, 1.82) is 0 Å². The lowest BCUT2D eigenvalue weighted by molar-refractivity contribution is -0.142. The molecule has 60 heavy (non-hydrogen) atoms. The average Bonchev–Trinajstić information content (AvgIpc) is 3.87. The fraction of sp³-hybridized carbons (Fsp3) is 0.348. The first-order chi connectivity index (χ1) is 29.3. The Balaban J connectivity index is 0.961. The molecule has 0 unspecified atom stereocenters. The average molecular weight is 841 g/mol. The van der Waals surface area contributed by atoms with Gasteiger partial charge in [-0.05, 0) is 123 Å². The van der Waals surface area contributed by atoms with Crippen LogP contribution < -0.4 is 19.8 Å². The molecule has 9 rings (SSSR count). The molecule has 2 aliphatic heterocycles. The second-order valence-corrected chi connectivity index (χ2v) is 18.0. The number of thiazole rings is 1. The maximum absolute atomic E-state index is 14.3. The molecule has 308 valence electrons. The number of anilines is 3. The van der Waals surface area contributed by atoms with Crippen LogP contribution in [0, 0.1) is 18.8 Å². The third kappa shape index (κ3) is 8.48. The first kappa shape index (κ1) is 39.7. The van der Waals surface area contributed by atoms with Crippen LogP contribution >= 0.6 is 23.3 Å². The maximum Gasteiger partial charge on any atom is 0.306 e. The van der Waals surface area contributed by atoms with Crippen molar-refractivity contribution < 1.29 is 19.5 Å². The molecule has 2 fully saturated rings. The minimum Gasteiger partial charge on any atom is -0.481 e. The number of para-hydroxylation sites is 1. The highest BCUT2D eigenvalue weighted by molar-refractivity contribution is 7.98. The van der Waals surface area contributed by atoms with Crippen molar-refractivity contribution in [2.75, 3.05) is 34.8 Å². The van der Waals surface area contributed by atoms with Gasteiger partial charge in [-0.2, -0.15) is 5.10 Å². The van der Waals surface area contributed by atoms with Crippen molar-refractivity contribution in [2.24, 2.45) is 11.8 Å². The highest BCUT2D eigenvalue weighted by atomic mass is 32.2. The third-order valence-corrected chi connectivity index (χ3v) is 14.1. The van der Waals surface area contributed by atoms with E-state index in [1.54, 1.807) is 0 Å². The molecule has 0 bridgehead atoms. The number of nitrogens with zero attached hydrogens (tertiary/aromatic N) is 6. The van der Waals surface area contributed by atoms with Crippen LogP contribution in [0.5, 0.6) is 0 Å². The second-order valence-electron chi connectivity index (χ2n) is 16.1. The number of carboxylic acids is 1. The van der Waals surface area contributed by atoms with Crippen molar-refractivity contribution in [3.63, 3.8) is 0 Å². The standard InChI is InChI=1S/C46H48N8O4S2/c1-29-37(26-47-54(29)27-30-8-3-2-4-9-30)35-18-19-41(49-42(35)44(56)51-60-34-16-14-33(15-17-34)52-23-21-32(22-24-52)45(57)58)53-25-20-31-10-7-11-36(38(31)28-53)43(55)50-46-48-39-12-5-6-13-40(39)59-46/h5-7,10-19,26,30,32H,2-4,8-9,20-25,27-28H2,1H3,(H,51,56)(H,57,58)(H,48,50,55). The van der Waals surface area contributed by atoms with E-state index in [1.807, 2.05) is 79.0 Å². The minimum absolute atomic E-state index is 0.204. The number of hydrogen-bond donors (Lipinski definition) is 3. The Bertz CT molecular complexity index is 2510. The van der Waals surface area contributed by atoms with Gasteiger partial charge in [0.2, 0.25) is 0 Å². The molecule has 3 aliphatic rings. The summed E-state index contributed by atoms with van der Waals surface area (Å²) in [6.45, 7) is 5.47. The van der Waals surface area contributed by atoms with Crippen molar-refractivity contribution in [3.05, 3.63) is 113 Å². The fourth-order valence-corrected chi connectivity index (χ4v) is 10.3. The van der Waals surface area contributed by atoms with E-state index in [1.165, 1.54) is 55.4 Å². The lowest BCUT2D eigenvalue weighted by Crippen LogP contribution is -2.36. The first-order valence-electron chi connectivity index (χ1n) is 20.9. The third-order valence-electron chi connectivity index (χ3n) is 12.3. The molecule has 5 heterocycles. The highest BCUT2D eigenvalue weighted by Crippen LogP contribution is 2.34. The zero-order valence-electron chi connectivity index (χ0n) is 33.6. The fourth-order valence-electron chi connectivity index (χ4n) is 8.87. The number of fused-ring (bicyclic) bond motifs is 2. The Labute approximate surface area is 357 Å².